The van der Waals surface area contributed by atoms with Gasteiger partial charge in [-0.25, -0.2) is 4.39 Å². The van der Waals surface area contributed by atoms with Crippen molar-refractivity contribution in [3.8, 4) is 0 Å². The molecule has 1 fully saturated rings. The van der Waals surface area contributed by atoms with Gasteiger partial charge in [-0.05, 0) is 49.2 Å². The number of H-pyrrole nitrogens is 1. The maximum Gasteiger partial charge on any atom is 0.178 e. The van der Waals surface area contributed by atoms with Crippen molar-refractivity contribution in [3.05, 3.63) is 28.8 Å². The van der Waals surface area contributed by atoms with Gasteiger partial charge in [0.2, 0.25) is 0 Å². The van der Waals surface area contributed by atoms with Crippen LogP contribution in [0.5, 0.6) is 0 Å². The fraction of sp³-hybridized carbons (Fsp3) is 0.533. The monoisotopic (exact) mass is 278 g/mol. The summed E-state index contributed by atoms with van der Waals surface area (Å²) in [6.45, 7) is 2.26. The molecule has 0 saturated heterocycles. The van der Waals surface area contributed by atoms with E-state index >= 15 is 0 Å². The second-order valence-corrected chi connectivity index (χ2v) is 5.94. The zero-order valence-corrected chi connectivity index (χ0v) is 12.0. The molecular weight excluding hydrogens is 259 g/mol. The Morgan fingerprint density at radius 3 is 3.05 bits per heavy atom. The Morgan fingerprint density at radius 1 is 1.42 bits per heavy atom. The van der Waals surface area contributed by atoms with Gasteiger partial charge < -0.3 is 9.55 Å². The van der Waals surface area contributed by atoms with Crippen LogP contribution in [-0.2, 0) is 0 Å². The number of benzene rings is 1. The number of aromatic nitrogens is 2. The van der Waals surface area contributed by atoms with Crippen molar-refractivity contribution < 1.29 is 4.39 Å². The van der Waals surface area contributed by atoms with Gasteiger partial charge in [0.05, 0.1) is 11.0 Å². The summed E-state index contributed by atoms with van der Waals surface area (Å²) in [4.78, 5) is 3.14. The second-order valence-electron chi connectivity index (χ2n) is 5.56. The van der Waals surface area contributed by atoms with Crippen LogP contribution in [0.3, 0.4) is 0 Å². The van der Waals surface area contributed by atoms with Crippen LogP contribution in [0.4, 0.5) is 4.39 Å². The number of hydrogen-bond donors (Lipinski definition) is 1. The Hall–Kier alpha value is -1.16. The Labute approximate surface area is 117 Å². The lowest BCUT2D eigenvalue weighted by molar-refractivity contribution is 0.263. The largest absolute Gasteiger partial charge is 0.330 e. The Morgan fingerprint density at radius 2 is 2.26 bits per heavy atom. The molecule has 2 atom stereocenters. The summed E-state index contributed by atoms with van der Waals surface area (Å²) in [5.41, 5.74) is 1.84. The van der Waals surface area contributed by atoms with Gasteiger partial charge in [-0.2, -0.15) is 0 Å². The molecule has 1 N–H and O–H groups in total. The number of rotatable bonds is 2. The molecule has 0 radical (unpaired) electrons. The van der Waals surface area contributed by atoms with E-state index in [0.717, 1.165) is 21.7 Å². The number of nitrogens with zero attached hydrogens (tertiary/aromatic N) is 1. The molecule has 102 valence electrons. The Bertz CT molecular complexity index is 643. The average Bonchev–Trinajstić information content (AvgIpc) is 2.73. The number of imidazole rings is 1. The van der Waals surface area contributed by atoms with E-state index < -0.39 is 0 Å². The highest BCUT2D eigenvalue weighted by Gasteiger charge is 2.23. The summed E-state index contributed by atoms with van der Waals surface area (Å²) in [7, 11) is 0. The molecule has 2 aromatic rings. The first-order valence-corrected chi connectivity index (χ1v) is 7.49. The quantitative estimate of drug-likeness (QED) is 0.768. The third-order valence-electron chi connectivity index (χ3n) is 4.38. The summed E-state index contributed by atoms with van der Waals surface area (Å²) in [5, 5.41) is 0. The molecular formula is C15H19FN2S. The van der Waals surface area contributed by atoms with E-state index in [2.05, 4.69) is 16.5 Å². The zero-order valence-electron chi connectivity index (χ0n) is 11.2. The van der Waals surface area contributed by atoms with Crippen LogP contribution in [0.2, 0.25) is 0 Å². The molecule has 3 rings (SSSR count). The second kappa shape index (κ2) is 5.08. The van der Waals surface area contributed by atoms with E-state index in [9.17, 15) is 4.39 Å². The molecule has 1 aliphatic rings. The van der Waals surface area contributed by atoms with Crippen LogP contribution in [-0.4, -0.2) is 9.55 Å². The lowest BCUT2D eigenvalue weighted by Gasteiger charge is -2.29. The van der Waals surface area contributed by atoms with E-state index in [1.807, 2.05) is 6.07 Å². The van der Waals surface area contributed by atoms with Crippen LogP contribution in [0, 0.1) is 16.5 Å². The van der Waals surface area contributed by atoms with Gasteiger partial charge >= 0.3 is 0 Å². The van der Waals surface area contributed by atoms with Crippen molar-refractivity contribution in [1.29, 1.82) is 0 Å². The first-order chi connectivity index (χ1) is 9.19. The minimum absolute atomic E-state index is 0.217. The molecule has 1 aromatic carbocycles. The van der Waals surface area contributed by atoms with E-state index in [0.29, 0.717) is 6.04 Å². The molecule has 0 aliphatic heterocycles. The number of nitrogens with one attached hydrogen (secondary N) is 1. The van der Waals surface area contributed by atoms with Gasteiger partial charge in [0.1, 0.15) is 5.82 Å². The summed E-state index contributed by atoms with van der Waals surface area (Å²) in [5.74, 6) is 0.581. The highest BCUT2D eigenvalue weighted by molar-refractivity contribution is 7.71. The van der Waals surface area contributed by atoms with Gasteiger partial charge in [-0.1, -0.05) is 26.2 Å². The lowest BCUT2D eigenvalue weighted by atomic mass is 9.84. The fourth-order valence-corrected chi connectivity index (χ4v) is 3.69. The van der Waals surface area contributed by atoms with Gasteiger partial charge in [-0.3, -0.25) is 0 Å². The fourth-order valence-electron chi connectivity index (χ4n) is 3.33. The lowest BCUT2D eigenvalue weighted by Crippen LogP contribution is -2.19. The Balaban J connectivity index is 2.04. The molecule has 0 bridgehead atoms. The summed E-state index contributed by atoms with van der Waals surface area (Å²) >= 11 is 5.44. The molecule has 19 heavy (non-hydrogen) atoms. The van der Waals surface area contributed by atoms with Crippen molar-refractivity contribution in [2.24, 2.45) is 5.92 Å². The van der Waals surface area contributed by atoms with Gasteiger partial charge in [0.15, 0.2) is 4.77 Å². The van der Waals surface area contributed by atoms with Gasteiger partial charge in [0.25, 0.3) is 0 Å². The minimum atomic E-state index is -0.217. The highest BCUT2D eigenvalue weighted by atomic mass is 32.1. The molecule has 1 saturated carbocycles. The van der Waals surface area contributed by atoms with Crippen molar-refractivity contribution in [2.45, 2.75) is 45.1 Å². The van der Waals surface area contributed by atoms with Crippen LogP contribution >= 0.6 is 12.2 Å². The molecule has 1 heterocycles. The van der Waals surface area contributed by atoms with Crippen LogP contribution in [0.1, 0.15) is 45.1 Å². The topological polar surface area (TPSA) is 20.7 Å². The van der Waals surface area contributed by atoms with Crippen LogP contribution < -0.4 is 0 Å². The average molecular weight is 278 g/mol. The smallest absolute Gasteiger partial charge is 0.178 e. The van der Waals surface area contributed by atoms with Crippen LogP contribution in [0.15, 0.2) is 18.2 Å². The molecule has 0 spiro atoms. The molecule has 1 aromatic heterocycles. The molecule has 4 heteroatoms. The van der Waals surface area contributed by atoms with E-state index in [1.54, 1.807) is 0 Å². The van der Waals surface area contributed by atoms with E-state index in [-0.39, 0.29) is 5.82 Å². The standard InChI is InChI=1S/C15H19FN2S/c1-2-10-4-3-5-12(8-10)18-14-7-6-11(16)9-13(14)17-15(18)19/h6-7,9-10,12H,2-5,8H2,1H3,(H,17,19). The number of hydrogen-bond acceptors (Lipinski definition) is 1. The number of aromatic amines is 1. The SMILES string of the molecule is CCC1CCCC(n2c(=S)[nH]c3cc(F)ccc32)C1. The molecule has 1 aliphatic carbocycles. The first-order valence-electron chi connectivity index (χ1n) is 7.08. The predicted molar refractivity (Wildman–Crippen MR) is 78.4 cm³/mol. The van der Waals surface area contributed by atoms with Gasteiger partial charge in [-0.15, -0.1) is 0 Å². The molecule has 2 nitrogen and oxygen atoms in total. The third-order valence-corrected chi connectivity index (χ3v) is 4.67. The number of fused-ring (bicyclic) bond motifs is 1. The maximum absolute atomic E-state index is 13.3. The first kappa shape index (κ1) is 12.9. The van der Waals surface area contributed by atoms with E-state index in [4.69, 9.17) is 12.2 Å². The Kier molecular flexibility index (Phi) is 3.44. The van der Waals surface area contributed by atoms with Crippen molar-refractivity contribution in [3.63, 3.8) is 0 Å². The molecule has 2 unspecified atom stereocenters. The van der Waals surface area contributed by atoms with E-state index in [1.165, 1.54) is 44.2 Å². The van der Waals surface area contributed by atoms with Crippen molar-refractivity contribution in [1.82, 2.24) is 9.55 Å². The highest BCUT2D eigenvalue weighted by Crippen LogP contribution is 2.36. The van der Waals surface area contributed by atoms with Crippen molar-refractivity contribution >= 4 is 23.3 Å². The summed E-state index contributed by atoms with van der Waals surface area (Å²) in [6.07, 6.45) is 6.20. The number of halogens is 1. The summed E-state index contributed by atoms with van der Waals surface area (Å²) < 4.78 is 16.2. The maximum atomic E-state index is 13.3. The normalized spacial score (nSPS) is 23.9. The predicted octanol–water partition coefficient (Wildman–Crippen LogP) is 4.98. The third kappa shape index (κ3) is 2.34. The zero-order chi connectivity index (χ0) is 13.4. The van der Waals surface area contributed by atoms with Gasteiger partial charge in [0, 0.05) is 6.04 Å². The van der Waals surface area contributed by atoms with Crippen molar-refractivity contribution in [2.75, 3.05) is 0 Å². The summed E-state index contributed by atoms with van der Waals surface area (Å²) in [6, 6.07) is 5.35. The molecule has 0 amide bonds. The minimum Gasteiger partial charge on any atom is -0.330 e. The van der Waals surface area contributed by atoms with Crippen LogP contribution in [0.25, 0.3) is 11.0 Å².